The summed E-state index contributed by atoms with van der Waals surface area (Å²) in [7, 11) is 0. The number of pyridine rings is 1. The Hall–Kier alpha value is -1.49. The number of nitrogens with one attached hydrogen (secondary N) is 1. The van der Waals surface area contributed by atoms with Gasteiger partial charge in [-0.25, -0.2) is 0 Å². The predicted octanol–water partition coefficient (Wildman–Crippen LogP) is 1.91. The van der Waals surface area contributed by atoms with Gasteiger partial charge in [0.05, 0.1) is 5.54 Å². The van der Waals surface area contributed by atoms with E-state index in [9.17, 15) is 0 Å². The van der Waals surface area contributed by atoms with Crippen molar-refractivity contribution in [3.63, 3.8) is 0 Å². The van der Waals surface area contributed by atoms with Crippen molar-refractivity contribution in [3.05, 3.63) is 24.5 Å². The molecule has 0 aromatic carbocycles. The lowest BCUT2D eigenvalue weighted by molar-refractivity contribution is 0.741. The van der Waals surface area contributed by atoms with Gasteiger partial charge in [0.2, 0.25) is 0 Å². The van der Waals surface area contributed by atoms with Gasteiger partial charge >= 0.3 is 0 Å². The molecule has 0 aliphatic rings. The van der Waals surface area contributed by atoms with E-state index in [1.54, 1.807) is 12.4 Å². The highest BCUT2D eigenvalue weighted by molar-refractivity contribution is 5.45. The highest BCUT2D eigenvalue weighted by Crippen LogP contribution is 2.11. The maximum Gasteiger partial charge on any atom is 0.0927 e. The van der Waals surface area contributed by atoms with Gasteiger partial charge in [0.15, 0.2) is 0 Å². The number of nitrogens with zero attached hydrogens (tertiary/aromatic N) is 1. The lowest BCUT2D eigenvalue weighted by Gasteiger charge is -2.20. The van der Waals surface area contributed by atoms with Crippen molar-refractivity contribution in [1.29, 1.82) is 0 Å². The zero-order valence-corrected chi connectivity index (χ0v) is 7.33. The lowest BCUT2D eigenvalue weighted by Crippen LogP contribution is -2.28. The summed E-state index contributed by atoms with van der Waals surface area (Å²) in [4.78, 5) is 3.91. The molecule has 1 aromatic rings. The van der Waals surface area contributed by atoms with Crippen LogP contribution in [0.15, 0.2) is 24.5 Å². The van der Waals surface area contributed by atoms with Crippen molar-refractivity contribution in [2.24, 2.45) is 0 Å². The van der Waals surface area contributed by atoms with Crippen LogP contribution in [-0.4, -0.2) is 10.5 Å². The van der Waals surface area contributed by atoms with Gasteiger partial charge in [0.25, 0.3) is 0 Å². The summed E-state index contributed by atoms with van der Waals surface area (Å²) >= 11 is 0. The standard InChI is InChI=1S/C10H12N2/c1-4-10(2,3)12-9-5-7-11-8-6-9/h1,5-8H,2-3H3,(H,11,12). The molecule has 0 saturated carbocycles. The largest absolute Gasteiger partial charge is 0.369 e. The van der Waals surface area contributed by atoms with Crippen molar-refractivity contribution >= 4 is 5.69 Å². The molecule has 0 spiro atoms. The Kier molecular flexibility index (Phi) is 2.35. The summed E-state index contributed by atoms with van der Waals surface area (Å²) in [6, 6.07) is 3.78. The van der Waals surface area contributed by atoms with E-state index in [0.717, 1.165) is 5.69 Å². The molecule has 2 heteroatoms. The van der Waals surface area contributed by atoms with Crippen LogP contribution < -0.4 is 5.32 Å². The molecule has 0 fully saturated rings. The van der Waals surface area contributed by atoms with Gasteiger partial charge in [0.1, 0.15) is 0 Å². The fourth-order valence-electron chi connectivity index (χ4n) is 0.832. The van der Waals surface area contributed by atoms with Crippen molar-refractivity contribution in [1.82, 2.24) is 4.98 Å². The first-order valence-electron chi connectivity index (χ1n) is 3.80. The molecule has 62 valence electrons. The summed E-state index contributed by atoms with van der Waals surface area (Å²) in [6.07, 6.45) is 8.79. The van der Waals surface area contributed by atoms with E-state index >= 15 is 0 Å². The number of aromatic nitrogens is 1. The van der Waals surface area contributed by atoms with Crippen molar-refractivity contribution in [3.8, 4) is 12.3 Å². The van der Waals surface area contributed by atoms with Crippen LogP contribution in [0, 0.1) is 12.3 Å². The van der Waals surface area contributed by atoms with Crippen LogP contribution in [0.3, 0.4) is 0 Å². The minimum atomic E-state index is -0.304. The normalized spacial score (nSPS) is 10.4. The van der Waals surface area contributed by atoms with Gasteiger partial charge in [-0.3, -0.25) is 4.98 Å². The molecule has 0 radical (unpaired) electrons. The molecule has 0 bridgehead atoms. The van der Waals surface area contributed by atoms with Crippen LogP contribution in [0.2, 0.25) is 0 Å². The molecule has 1 aromatic heterocycles. The molecular formula is C10H12N2. The molecule has 12 heavy (non-hydrogen) atoms. The Morgan fingerprint density at radius 3 is 2.50 bits per heavy atom. The van der Waals surface area contributed by atoms with E-state index in [-0.39, 0.29) is 5.54 Å². The molecule has 0 amide bonds. The van der Waals surface area contributed by atoms with Gasteiger partial charge < -0.3 is 5.32 Å². The maximum absolute atomic E-state index is 5.33. The Morgan fingerprint density at radius 1 is 1.42 bits per heavy atom. The summed E-state index contributed by atoms with van der Waals surface area (Å²) in [5.74, 6) is 2.66. The molecular weight excluding hydrogens is 148 g/mol. The third-order valence-corrected chi connectivity index (χ3v) is 1.50. The van der Waals surface area contributed by atoms with Crippen LogP contribution in [0.25, 0.3) is 0 Å². The first-order valence-corrected chi connectivity index (χ1v) is 3.80. The van der Waals surface area contributed by atoms with Crippen LogP contribution in [0.4, 0.5) is 5.69 Å². The van der Waals surface area contributed by atoms with E-state index in [0.29, 0.717) is 0 Å². The van der Waals surface area contributed by atoms with E-state index in [4.69, 9.17) is 6.42 Å². The Morgan fingerprint density at radius 2 is 2.00 bits per heavy atom. The van der Waals surface area contributed by atoms with Crippen molar-refractivity contribution in [2.75, 3.05) is 5.32 Å². The van der Waals surface area contributed by atoms with Crippen molar-refractivity contribution in [2.45, 2.75) is 19.4 Å². The highest BCUT2D eigenvalue weighted by Gasteiger charge is 2.11. The first kappa shape index (κ1) is 8.61. The van der Waals surface area contributed by atoms with Crippen LogP contribution in [0.5, 0.6) is 0 Å². The van der Waals surface area contributed by atoms with Crippen LogP contribution in [-0.2, 0) is 0 Å². The highest BCUT2D eigenvalue weighted by atomic mass is 15.0. The zero-order valence-electron chi connectivity index (χ0n) is 7.33. The first-order chi connectivity index (χ1) is 5.64. The topological polar surface area (TPSA) is 24.9 Å². The molecule has 1 heterocycles. The molecule has 0 aliphatic carbocycles. The SMILES string of the molecule is C#CC(C)(C)Nc1ccncc1. The molecule has 1 N–H and O–H groups in total. The third kappa shape index (κ3) is 2.28. The van der Waals surface area contributed by atoms with Gasteiger partial charge in [-0.15, -0.1) is 6.42 Å². The van der Waals surface area contributed by atoms with Crippen molar-refractivity contribution < 1.29 is 0 Å². The average molecular weight is 160 g/mol. The Labute approximate surface area is 73.0 Å². The lowest BCUT2D eigenvalue weighted by atomic mass is 10.1. The number of anilines is 1. The van der Waals surface area contributed by atoms with Gasteiger partial charge in [-0.2, -0.15) is 0 Å². The second-order valence-corrected chi connectivity index (χ2v) is 3.13. The van der Waals surface area contributed by atoms with E-state index in [1.165, 1.54) is 0 Å². The average Bonchev–Trinajstić information content (AvgIpc) is 2.06. The second kappa shape index (κ2) is 3.27. The fourth-order valence-corrected chi connectivity index (χ4v) is 0.832. The smallest absolute Gasteiger partial charge is 0.0927 e. The second-order valence-electron chi connectivity index (χ2n) is 3.13. The summed E-state index contributed by atoms with van der Waals surface area (Å²) in [5.41, 5.74) is 0.689. The fraction of sp³-hybridized carbons (Fsp3) is 0.300. The molecule has 2 nitrogen and oxygen atoms in total. The molecule has 0 aliphatic heterocycles. The van der Waals surface area contributed by atoms with E-state index in [2.05, 4.69) is 16.2 Å². The Balaban J connectivity index is 2.72. The van der Waals surface area contributed by atoms with Crippen LogP contribution in [0.1, 0.15) is 13.8 Å². The zero-order chi connectivity index (χ0) is 9.03. The minimum absolute atomic E-state index is 0.304. The quantitative estimate of drug-likeness (QED) is 0.668. The van der Waals surface area contributed by atoms with E-state index < -0.39 is 0 Å². The predicted molar refractivity (Wildman–Crippen MR) is 50.8 cm³/mol. The molecule has 0 atom stereocenters. The summed E-state index contributed by atoms with van der Waals surface area (Å²) < 4.78 is 0. The minimum Gasteiger partial charge on any atom is -0.369 e. The number of hydrogen-bond acceptors (Lipinski definition) is 2. The number of rotatable bonds is 2. The number of hydrogen-bond donors (Lipinski definition) is 1. The third-order valence-electron chi connectivity index (χ3n) is 1.50. The molecule has 1 rings (SSSR count). The number of terminal acetylenes is 1. The summed E-state index contributed by atoms with van der Waals surface area (Å²) in [6.45, 7) is 3.90. The Bertz CT molecular complexity index is 282. The molecule has 0 saturated heterocycles. The maximum atomic E-state index is 5.33. The van der Waals surface area contributed by atoms with E-state index in [1.807, 2.05) is 26.0 Å². The van der Waals surface area contributed by atoms with Gasteiger partial charge in [-0.05, 0) is 26.0 Å². The molecule has 0 unspecified atom stereocenters. The van der Waals surface area contributed by atoms with Crippen LogP contribution >= 0.6 is 0 Å². The van der Waals surface area contributed by atoms with Gasteiger partial charge in [-0.1, -0.05) is 5.92 Å². The summed E-state index contributed by atoms with van der Waals surface area (Å²) in [5, 5.41) is 3.19. The monoisotopic (exact) mass is 160 g/mol. The van der Waals surface area contributed by atoms with Gasteiger partial charge in [0, 0.05) is 18.1 Å².